The first-order valence-corrected chi connectivity index (χ1v) is 9.11. The Hall–Kier alpha value is -1.79. The fraction of sp³-hybridized carbons (Fsp3) is 0.368. The molecule has 1 aromatic heterocycles. The van der Waals surface area contributed by atoms with E-state index in [1.807, 2.05) is 24.3 Å². The molecule has 25 heavy (non-hydrogen) atoms. The molecule has 0 saturated heterocycles. The maximum atomic E-state index is 14.5. The van der Waals surface area contributed by atoms with Crippen molar-refractivity contribution < 1.29 is 14.3 Å². The normalized spacial score (nSPS) is 25.0. The summed E-state index contributed by atoms with van der Waals surface area (Å²) in [6.45, 7) is 0.459. The van der Waals surface area contributed by atoms with E-state index in [4.69, 9.17) is 0 Å². The Balaban J connectivity index is 1.57. The van der Waals surface area contributed by atoms with Gasteiger partial charge in [0.15, 0.2) is 0 Å². The molecule has 0 atom stereocenters. The number of nitrogens with zero attached hydrogens (tertiary/aromatic N) is 2. The number of hydrogen-bond acceptors (Lipinski definition) is 3. The van der Waals surface area contributed by atoms with Crippen molar-refractivity contribution >= 4 is 21.8 Å². The molecule has 130 valence electrons. The van der Waals surface area contributed by atoms with E-state index in [1.165, 1.54) is 0 Å². The SMILES string of the molecule is O=C1c2cccc(Cc3ncccc3Br)c2CN1CC1(F)CC(O)C1. The van der Waals surface area contributed by atoms with Gasteiger partial charge in [-0.3, -0.25) is 9.78 Å². The third kappa shape index (κ3) is 3.09. The molecule has 1 amide bonds. The van der Waals surface area contributed by atoms with E-state index >= 15 is 0 Å². The molecule has 0 radical (unpaired) electrons. The summed E-state index contributed by atoms with van der Waals surface area (Å²) < 4.78 is 15.5. The van der Waals surface area contributed by atoms with E-state index in [0.29, 0.717) is 18.5 Å². The summed E-state index contributed by atoms with van der Waals surface area (Å²) in [5.41, 5.74) is 2.09. The molecule has 4 rings (SSSR count). The minimum Gasteiger partial charge on any atom is -0.393 e. The van der Waals surface area contributed by atoms with Crippen molar-refractivity contribution in [2.75, 3.05) is 6.54 Å². The predicted molar refractivity (Wildman–Crippen MR) is 95.0 cm³/mol. The number of aliphatic hydroxyl groups is 1. The Labute approximate surface area is 153 Å². The summed E-state index contributed by atoms with van der Waals surface area (Å²) in [5.74, 6) is -0.129. The Bertz CT molecular complexity index is 836. The average molecular weight is 405 g/mol. The average Bonchev–Trinajstić information content (AvgIpc) is 2.86. The van der Waals surface area contributed by atoms with Crippen LogP contribution in [0.15, 0.2) is 41.0 Å². The number of carbonyl (C=O) groups is 1. The smallest absolute Gasteiger partial charge is 0.254 e. The molecular formula is C19H18BrFN2O2. The molecule has 2 aromatic rings. The number of aromatic nitrogens is 1. The van der Waals surface area contributed by atoms with Gasteiger partial charge >= 0.3 is 0 Å². The van der Waals surface area contributed by atoms with E-state index in [0.717, 1.165) is 21.3 Å². The van der Waals surface area contributed by atoms with Gasteiger partial charge in [-0.05, 0) is 45.3 Å². The first-order valence-electron chi connectivity index (χ1n) is 8.32. The first-order chi connectivity index (χ1) is 12.0. The molecule has 0 spiro atoms. The molecule has 2 aliphatic rings. The monoisotopic (exact) mass is 404 g/mol. The zero-order valence-corrected chi connectivity index (χ0v) is 15.2. The third-order valence-corrected chi connectivity index (χ3v) is 5.73. The van der Waals surface area contributed by atoms with E-state index in [-0.39, 0.29) is 25.3 Å². The summed E-state index contributed by atoms with van der Waals surface area (Å²) >= 11 is 3.51. The lowest BCUT2D eigenvalue weighted by atomic mass is 9.79. The lowest BCUT2D eigenvalue weighted by molar-refractivity contribution is -0.0692. The fourth-order valence-corrected chi connectivity index (χ4v) is 4.13. The lowest BCUT2D eigenvalue weighted by Gasteiger charge is -2.40. The highest BCUT2D eigenvalue weighted by Gasteiger charge is 2.47. The zero-order chi connectivity index (χ0) is 17.6. The summed E-state index contributed by atoms with van der Waals surface area (Å²) in [6, 6.07) is 9.47. The van der Waals surface area contributed by atoms with E-state index in [9.17, 15) is 14.3 Å². The van der Waals surface area contributed by atoms with Gasteiger partial charge in [-0.25, -0.2) is 4.39 Å². The summed E-state index contributed by atoms with van der Waals surface area (Å²) in [4.78, 5) is 18.6. The van der Waals surface area contributed by atoms with Gasteiger partial charge in [0.1, 0.15) is 5.67 Å². The Morgan fingerprint density at radius 2 is 2.12 bits per heavy atom. The molecular weight excluding hydrogens is 387 g/mol. The van der Waals surface area contributed by atoms with Crippen LogP contribution in [0.5, 0.6) is 0 Å². The molecule has 0 unspecified atom stereocenters. The largest absolute Gasteiger partial charge is 0.393 e. The number of alkyl halides is 1. The van der Waals surface area contributed by atoms with Gasteiger partial charge in [-0.2, -0.15) is 0 Å². The summed E-state index contributed by atoms with van der Waals surface area (Å²) in [6.07, 6.45) is 2.00. The molecule has 1 saturated carbocycles. The maximum absolute atomic E-state index is 14.5. The highest BCUT2D eigenvalue weighted by Crippen LogP contribution is 2.39. The van der Waals surface area contributed by atoms with Crippen LogP contribution in [0.2, 0.25) is 0 Å². The second-order valence-corrected chi connectivity index (χ2v) is 7.78. The van der Waals surface area contributed by atoms with Gasteiger partial charge in [0, 0.05) is 42.0 Å². The zero-order valence-electron chi connectivity index (χ0n) is 13.6. The van der Waals surface area contributed by atoms with Crippen LogP contribution < -0.4 is 0 Å². The molecule has 0 bridgehead atoms. The number of amides is 1. The van der Waals surface area contributed by atoms with E-state index in [1.54, 1.807) is 17.2 Å². The van der Waals surface area contributed by atoms with Crippen LogP contribution in [0.3, 0.4) is 0 Å². The minimum absolute atomic E-state index is 0.0459. The van der Waals surface area contributed by atoms with Crippen molar-refractivity contribution in [1.29, 1.82) is 0 Å². The van der Waals surface area contributed by atoms with Crippen molar-refractivity contribution in [3.05, 3.63) is 63.4 Å². The number of benzene rings is 1. The number of pyridine rings is 1. The standard InChI is InChI=1S/C19H18BrFN2O2/c20-16-5-2-6-22-17(16)7-12-3-1-4-14-15(12)10-23(18(14)25)11-19(21)8-13(24)9-19/h1-6,13,24H,7-11H2. The molecule has 4 nitrogen and oxygen atoms in total. The minimum atomic E-state index is -1.46. The molecule has 2 heterocycles. The second-order valence-electron chi connectivity index (χ2n) is 6.93. The van der Waals surface area contributed by atoms with Crippen LogP contribution in [-0.2, 0) is 13.0 Å². The number of hydrogen-bond donors (Lipinski definition) is 1. The summed E-state index contributed by atoms with van der Waals surface area (Å²) in [5, 5.41) is 9.38. The highest BCUT2D eigenvalue weighted by molar-refractivity contribution is 9.10. The summed E-state index contributed by atoms with van der Waals surface area (Å²) in [7, 11) is 0. The molecule has 1 fully saturated rings. The van der Waals surface area contributed by atoms with Crippen molar-refractivity contribution in [3.8, 4) is 0 Å². The molecule has 6 heteroatoms. The van der Waals surface area contributed by atoms with Crippen LogP contribution in [0.25, 0.3) is 0 Å². The number of aliphatic hydroxyl groups excluding tert-OH is 1. The van der Waals surface area contributed by atoms with Gasteiger partial charge in [0.25, 0.3) is 5.91 Å². The highest BCUT2D eigenvalue weighted by atomic mass is 79.9. The van der Waals surface area contributed by atoms with Gasteiger partial charge in [-0.1, -0.05) is 12.1 Å². The number of carbonyl (C=O) groups excluding carboxylic acids is 1. The molecule has 1 aliphatic carbocycles. The van der Waals surface area contributed by atoms with E-state index < -0.39 is 11.8 Å². The third-order valence-electron chi connectivity index (χ3n) is 5.01. The second kappa shape index (κ2) is 6.18. The van der Waals surface area contributed by atoms with Crippen LogP contribution in [0, 0.1) is 0 Å². The Morgan fingerprint density at radius 1 is 1.32 bits per heavy atom. The molecule has 1 aromatic carbocycles. The Morgan fingerprint density at radius 3 is 2.84 bits per heavy atom. The van der Waals surface area contributed by atoms with Gasteiger partial charge < -0.3 is 10.0 Å². The predicted octanol–water partition coefficient (Wildman–Crippen LogP) is 3.25. The number of fused-ring (bicyclic) bond motifs is 1. The van der Waals surface area contributed by atoms with Crippen LogP contribution >= 0.6 is 15.9 Å². The first kappa shape index (κ1) is 16.7. The molecule has 1 N–H and O–H groups in total. The fourth-order valence-electron chi connectivity index (χ4n) is 3.73. The van der Waals surface area contributed by atoms with Gasteiger partial charge in [0.2, 0.25) is 0 Å². The van der Waals surface area contributed by atoms with Crippen molar-refractivity contribution in [2.45, 2.75) is 37.6 Å². The maximum Gasteiger partial charge on any atom is 0.254 e. The van der Waals surface area contributed by atoms with Crippen molar-refractivity contribution in [3.63, 3.8) is 0 Å². The van der Waals surface area contributed by atoms with Gasteiger partial charge in [-0.15, -0.1) is 0 Å². The van der Waals surface area contributed by atoms with Crippen molar-refractivity contribution in [1.82, 2.24) is 9.88 Å². The van der Waals surface area contributed by atoms with Crippen LogP contribution in [-0.4, -0.2) is 39.2 Å². The number of rotatable bonds is 4. The lowest BCUT2D eigenvalue weighted by Crippen LogP contribution is -2.51. The van der Waals surface area contributed by atoms with Crippen molar-refractivity contribution in [2.24, 2.45) is 0 Å². The van der Waals surface area contributed by atoms with E-state index in [2.05, 4.69) is 20.9 Å². The topological polar surface area (TPSA) is 53.4 Å². The Kier molecular flexibility index (Phi) is 4.12. The quantitative estimate of drug-likeness (QED) is 0.850. The molecule has 1 aliphatic heterocycles. The van der Waals surface area contributed by atoms with Gasteiger partial charge in [0.05, 0.1) is 18.3 Å². The van der Waals surface area contributed by atoms with Crippen LogP contribution in [0.1, 0.15) is 40.0 Å². The number of halogens is 2. The van der Waals surface area contributed by atoms with Crippen LogP contribution in [0.4, 0.5) is 4.39 Å².